The highest BCUT2D eigenvalue weighted by Crippen LogP contribution is 2.36. The second-order valence-corrected chi connectivity index (χ2v) is 6.33. The number of hydrogen-bond donors (Lipinski definition) is 1. The highest BCUT2D eigenvalue weighted by Gasteiger charge is 2.20. The lowest BCUT2D eigenvalue weighted by Gasteiger charge is -2.02. The number of thiazole rings is 1. The Morgan fingerprint density at radius 3 is 3.00 bits per heavy atom. The minimum absolute atomic E-state index is 0.231. The Kier molecular flexibility index (Phi) is 3.89. The summed E-state index contributed by atoms with van der Waals surface area (Å²) < 4.78 is 15.8. The summed E-state index contributed by atoms with van der Waals surface area (Å²) in [6, 6.07) is 5.64. The number of nitrogens with one attached hydrogen (secondary N) is 1. The van der Waals surface area contributed by atoms with Gasteiger partial charge in [0.05, 0.1) is 11.4 Å². The zero-order chi connectivity index (χ0) is 17.4. The lowest BCUT2D eigenvalue weighted by atomic mass is 10.1. The lowest BCUT2D eigenvalue weighted by molar-refractivity contribution is 0.102. The predicted octanol–water partition coefficient (Wildman–Crippen LogP) is 3.65. The fourth-order valence-electron chi connectivity index (χ4n) is 2.63. The molecule has 0 bridgehead atoms. The summed E-state index contributed by atoms with van der Waals surface area (Å²) in [4.78, 5) is 17.0. The van der Waals surface area contributed by atoms with Crippen LogP contribution in [0, 0.1) is 6.92 Å². The normalized spacial score (nSPS) is 12.4. The van der Waals surface area contributed by atoms with Crippen molar-refractivity contribution in [3.05, 3.63) is 40.6 Å². The Hall–Kier alpha value is -2.87. The standard InChI is InChI=1S/C17H15N3O4S/c1-3-11-15(9(2)24-20-11)16(21)19-17-18-12(7-25-17)10-4-5-13-14(6-10)23-8-22-13/h4-7H,3,8H2,1-2H3,(H,18,19,21). The predicted molar refractivity (Wildman–Crippen MR) is 92.2 cm³/mol. The van der Waals surface area contributed by atoms with Gasteiger partial charge in [-0.2, -0.15) is 0 Å². The maximum absolute atomic E-state index is 12.5. The number of carbonyl (C=O) groups is 1. The Morgan fingerprint density at radius 2 is 2.16 bits per heavy atom. The summed E-state index contributed by atoms with van der Waals surface area (Å²) in [6.07, 6.45) is 0.625. The van der Waals surface area contributed by atoms with Gasteiger partial charge in [0, 0.05) is 10.9 Å². The number of fused-ring (bicyclic) bond motifs is 1. The number of aryl methyl sites for hydroxylation is 2. The number of anilines is 1. The van der Waals surface area contributed by atoms with Gasteiger partial charge in [-0.3, -0.25) is 10.1 Å². The van der Waals surface area contributed by atoms with E-state index in [4.69, 9.17) is 14.0 Å². The topological polar surface area (TPSA) is 86.5 Å². The summed E-state index contributed by atoms with van der Waals surface area (Å²) >= 11 is 1.36. The largest absolute Gasteiger partial charge is 0.454 e. The molecule has 2 aromatic heterocycles. The Balaban J connectivity index is 1.55. The van der Waals surface area contributed by atoms with Gasteiger partial charge in [-0.25, -0.2) is 4.98 Å². The van der Waals surface area contributed by atoms with Crippen LogP contribution in [0.1, 0.15) is 28.7 Å². The van der Waals surface area contributed by atoms with E-state index in [1.165, 1.54) is 11.3 Å². The number of amides is 1. The minimum atomic E-state index is -0.262. The minimum Gasteiger partial charge on any atom is -0.454 e. The highest BCUT2D eigenvalue weighted by atomic mass is 32.1. The van der Waals surface area contributed by atoms with Crippen LogP contribution < -0.4 is 14.8 Å². The number of rotatable bonds is 4. The van der Waals surface area contributed by atoms with Crippen molar-refractivity contribution < 1.29 is 18.8 Å². The molecule has 0 atom stereocenters. The molecular formula is C17H15N3O4S. The van der Waals surface area contributed by atoms with E-state index in [2.05, 4.69) is 15.5 Å². The molecule has 128 valence electrons. The summed E-state index contributed by atoms with van der Waals surface area (Å²) in [5, 5.41) is 9.12. The Bertz CT molecular complexity index is 947. The van der Waals surface area contributed by atoms with E-state index < -0.39 is 0 Å². The number of hydrogen-bond acceptors (Lipinski definition) is 7. The number of ether oxygens (including phenoxy) is 2. The zero-order valence-electron chi connectivity index (χ0n) is 13.7. The van der Waals surface area contributed by atoms with Crippen LogP contribution in [-0.2, 0) is 6.42 Å². The molecule has 0 radical (unpaired) electrons. The fraction of sp³-hybridized carbons (Fsp3) is 0.235. The van der Waals surface area contributed by atoms with Crippen LogP contribution in [0.15, 0.2) is 28.1 Å². The average molecular weight is 357 g/mol. The van der Waals surface area contributed by atoms with Gasteiger partial charge < -0.3 is 14.0 Å². The third-order valence-corrected chi connectivity index (χ3v) is 4.65. The van der Waals surface area contributed by atoms with Crippen molar-refractivity contribution in [2.24, 2.45) is 0 Å². The summed E-state index contributed by atoms with van der Waals surface area (Å²) in [5.41, 5.74) is 2.78. The van der Waals surface area contributed by atoms with Crippen LogP contribution in [0.25, 0.3) is 11.3 Å². The zero-order valence-corrected chi connectivity index (χ0v) is 14.5. The van der Waals surface area contributed by atoms with Crippen LogP contribution in [0.4, 0.5) is 5.13 Å². The number of benzene rings is 1. The molecule has 0 aliphatic carbocycles. The van der Waals surface area contributed by atoms with Crippen molar-refractivity contribution >= 4 is 22.4 Å². The molecule has 1 amide bonds. The van der Waals surface area contributed by atoms with E-state index in [0.29, 0.717) is 34.3 Å². The van der Waals surface area contributed by atoms with E-state index in [0.717, 1.165) is 17.0 Å². The third-order valence-electron chi connectivity index (χ3n) is 3.89. The van der Waals surface area contributed by atoms with Crippen molar-refractivity contribution in [2.75, 3.05) is 12.1 Å². The van der Waals surface area contributed by atoms with Crippen LogP contribution in [-0.4, -0.2) is 22.8 Å². The molecule has 0 unspecified atom stereocenters. The molecule has 1 aliphatic rings. The average Bonchev–Trinajstić information content (AvgIpc) is 3.32. The molecule has 0 spiro atoms. The fourth-order valence-corrected chi connectivity index (χ4v) is 3.34. The molecule has 1 N–H and O–H groups in total. The van der Waals surface area contributed by atoms with Crippen molar-refractivity contribution in [1.29, 1.82) is 0 Å². The second-order valence-electron chi connectivity index (χ2n) is 5.47. The summed E-state index contributed by atoms with van der Waals surface area (Å²) in [6.45, 7) is 3.88. The number of aromatic nitrogens is 2. The highest BCUT2D eigenvalue weighted by molar-refractivity contribution is 7.14. The first-order chi connectivity index (χ1) is 12.2. The second kappa shape index (κ2) is 6.21. The number of carbonyl (C=O) groups excluding carboxylic acids is 1. The first kappa shape index (κ1) is 15.6. The molecule has 4 rings (SSSR count). The Morgan fingerprint density at radius 1 is 1.32 bits per heavy atom. The van der Waals surface area contributed by atoms with Crippen molar-refractivity contribution in [1.82, 2.24) is 10.1 Å². The van der Waals surface area contributed by atoms with Gasteiger partial charge >= 0.3 is 0 Å². The molecule has 3 aromatic rings. The van der Waals surface area contributed by atoms with Crippen LogP contribution in [0.5, 0.6) is 11.5 Å². The van der Waals surface area contributed by atoms with Crippen molar-refractivity contribution in [3.63, 3.8) is 0 Å². The van der Waals surface area contributed by atoms with Gasteiger partial charge in [0.25, 0.3) is 5.91 Å². The van der Waals surface area contributed by atoms with Crippen molar-refractivity contribution in [2.45, 2.75) is 20.3 Å². The van der Waals surface area contributed by atoms with E-state index in [-0.39, 0.29) is 12.7 Å². The van der Waals surface area contributed by atoms with Gasteiger partial charge in [0.15, 0.2) is 16.6 Å². The third kappa shape index (κ3) is 2.85. The molecule has 1 aromatic carbocycles. The van der Waals surface area contributed by atoms with Crippen LogP contribution >= 0.6 is 11.3 Å². The molecular weight excluding hydrogens is 342 g/mol. The van der Waals surface area contributed by atoms with E-state index in [1.54, 1.807) is 6.92 Å². The molecule has 25 heavy (non-hydrogen) atoms. The van der Waals surface area contributed by atoms with Gasteiger partial charge in [-0.05, 0) is 31.5 Å². The van der Waals surface area contributed by atoms with E-state index in [1.807, 2.05) is 30.5 Å². The van der Waals surface area contributed by atoms with Crippen LogP contribution in [0.2, 0.25) is 0 Å². The summed E-state index contributed by atoms with van der Waals surface area (Å²) in [5.74, 6) is 1.66. The quantitative estimate of drug-likeness (QED) is 0.767. The maximum atomic E-state index is 12.5. The van der Waals surface area contributed by atoms with Gasteiger partial charge in [-0.15, -0.1) is 11.3 Å². The molecule has 0 saturated heterocycles. The van der Waals surface area contributed by atoms with Gasteiger partial charge in [0.2, 0.25) is 6.79 Å². The Labute approximate surface area is 147 Å². The van der Waals surface area contributed by atoms with Gasteiger partial charge in [-0.1, -0.05) is 12.1 Å². The van der Waals surface area contributed by atoms with Crippen molar-refractivity contribution in [3.8, 4) is 22.8 Å². The maximum Gasteiger partial charge on any atom is 0.262 e. The monoisotopic (exact) mass is 357 g/mol. The number of nitrogens with zero attached hydrogens (tertiary/aromatic N) is 2. The first-order valence-electron chi connectivity index (χ1n) is 7.77. The first-order valence-corrected chi connectivity index (χ1v) is 8.65. The van der Waals surface area contributed by atoms with E-state index in [9.17, 15) is 4.79 Å². The molecule has 0 saturated carbocycles. The van der Waals surface area contributed by atoms with E-state index >= 15 is 0 Å². The van der Waals surface area contributed by atoms with Crippen LogP contribution in [0.3, 0.4) is 0 Å². The molecule has 1 aliphatic heterocycles. The molecule has 3 heterocycles. The van der Waals surface area contributed by atoms with Gasteiger partial charge in [0.1, 0.15) is 11.3 Å². The SMILES string of the molecule is CCc1noc(C)c1C(=O)Nc1nc(-c2ccc3c(c2)OCO3)cs1. The molecule has 0 fully saturated rings. The molecule has 7 nitrogen and oxygen atoms in total. The molecule has 8 heteroatoms. The smallest absolute Gasteiger partial charge is 0.262 e. The summed E-state index contributed by atoms with van der Waals surface area (Å²) in [7, 11) is 0. The lowest BCUT2D eigenvalue weighted by Crippen LogP contribution is -2.14.